The Bertz CT molecular complexity index is 757. The molecule has 8 heteroatoms. The molecule has 1 aromatic carbocycles. The molecule has 0 aliphatic heterocycles. The molecule has 2 rings (SSSR count). The van der Waals surface area contributed by atoms with Crippen molar-refractivity contribution >= 4 is 21.4 Å². The fourth-order valence-electron chi connectivity index (χ4n) is 1.56. The van der Waals surface area contributed by atoms with E-state index in [2.05, 4.69) is 15.3 Å². The molecule has 21 heavy (non-hydrogen) atoms. The number of ether oxygens (including phenoxy) is 1. The van der Waals surface area contributed by atoms with E-state index >= 15 is 0 Å². The highest BCUT2D eigenvalue weighted by Gasteiger charge is 2.11. The SMILES string of the molecule is COc1cc(C(=O)Nc2ccc(S(C)(=O)=O)cc2)ncn1. The highest BCUT2D eigenvalue weighted by molar-refractivity contribution is 7.90. The van der Waals surface area contributed by atoms with Crippen LogP contribution in [0.5, 0.6) is 5.88 Å². The molecule has 1 N–H and O–H groups in total. The highest BCUT2D eigenvalue weighted by atomic mass is 32.2. The number of nitrogens with zero attached hydrogens (tertiary/aromatic N) is 2. The van der Waals surface area contributed by atoms with Gasteiger partial charge in [0, 0.05) is 18.0 Å². The minimum absolute atomic E-state index is 0.147. The summed E-state index contributed by atoms with van der Waals surface area (Å²) in [6, 6.07) is 7.26. The van der Waals surface area contributed by atoms with Crippen molar-refractivity contribution in [2.45, 2.75) is 4.90 Å². The van der Waals surface area contributed by atoms with Gasteiger partial charge in [-0.2, -0.15) is 0 Å². The van der Waals surface area contributed by atoms with E-state index in [0.29, 0.717) is 5.69 Å². The molecule has 0 saturated carbocycles. The summed E-state index contributed by atoms with van der Waals surface area (Å²) < 4.78 is 27.6. The van der Waals surface area contributed by atoms with E-state index in [-0.39, 0.29) is 16.5 Å². The van der Waals surface area contributed by atoms with E-state index in [4.69, 9.17) is 4.74 Å². The first-order valence-corrected chi connectivity index (χ1v) is 7.77. The predicted molar refractivity (Wildman–Crippen MR) is 76.1 cm³/mol. The standard InChI is InChI=1S/C13H13N3O4S/c1-20-12-7-11(14-8-15-12)13(17)16-9-3-5-10(6-4-9)21(2,18)19/h3-8H,1-2H3,(H,16,17). The van der Waals surface area contributed by atoms with Gasteiger partial charge in [0.1, 0.15) is 12.0 Å². The molecule has 0 atom stereocenters. The number of sulfone groups is 1. The molecule has 1 amide bonds. The van der Waals surface area contributed by atoms with Crippen molar-refractivity contribution in [3.63, 3.8) is 0 Å². The monoisotopic (exact) mass is 307 g/mol. The minimum Gasteiger partial charge on any atom is -0.481 e. The normalized spacial score (nSPS) is 11.0. The van der Waals surface area contributed by atoms with Crippen LogP contribution in [0.25, 0.3) is 0 Å². The number of benzene rings is 1. The zero-order valence-electron chi connectivity index (χ0n) is 11.4. The summed E-state index contributed by atoms with van der Waals surface area (Å²) in [5, 5.41) is 2.61. The smallest absolute Gasteiger partial charge is 0.274 e. The number of carbonyl (C=O) groups excluding carboxylic acids is 1. The maximum Gasteiger partial charge on any atom is 0.274 e. The topological polar surface area (TPSA) is 98.2 Å². The van der Waals surface area contributed by atoms with Gasteiger partial charge >= 0.3 is 0 Å². The first-order valence-electron chi connectivity index (χ1n) is 5.87. The van der Waals surface area contributed by atoms with Gasteiger partial charge in [-0.3, -0.25) is 4.79 Å². The van der Waals surface area contributed by atoms with Crippen molar-refractivity contribution in [1.82, 2.24) is 9.97 Å². The number of carbonyl (C=O) groups is 1. The van der Waals surface area contributed by atoms with Crippen molar-refractivity contribution in [3.05, 3.63) is 42.4 Å². The van der Waals surface area contributed by atoms with Crippen LogP contribution in [0.4, 0.5) is 5.69 Å². The van der Waals surface area contributed by atoms with E-state index in [0.717, 1.165) is 6.26 Å². The number of anilines is 1. The number of hydrogen-bond donors (Lipinski definition) is 1. The van der Waals surface area contributed by atoms with Crippen LogP contribution in [0.3, 0.4) is 0 Å². The molecule has 0 fully saturated rings. The molecule has 0 unspecified atom stereocenters. The van der Waals surface area contributed by atoms with Gasteiger partial charge in [-0.05, 0) is 24.3 Å². The van der Waals surface area contributed by atoms with Crippen LogP contribution in [-0.2, 0) is 9.84 Å². The van der Waals surface area contributed by atoms with Crippen molar-refractivity contribution in [1.29, 1.82) is 0 Å². The number of amides is 1. The minimum atomic E-state index is -3.26. The van der Waals surface area contributed by atoms with E-state index in [1.165, 1.54) is 43.8 Å². The van der Waals surface area contributed by atoms with E-state index in [9.17, 15) is 13.2 Å². The molecule has 0 aliphatic rings. The summed E-state index contributed by atoms with van der Waals surface area (Å²) >= 11 is 0. The summed E-state index contributed by atoms with van der Waals surface area (Å²) in [6.07, 6.45) is 2.34. The molecule has 0 spiro atoms. The molecule has 1 heterocycles. The molecule has 0 radical (unpaired) electrons. The van der Waals surface area contributed by atoms with E-state index in [1.807, 2.05) is 0 Å². The van der Waals surface area contributed by atoms with Crippen LogP contribution >= 0.6 is 0 Å². The van der Waals surface area contributed by atoms with Gasteiger partial charge in [-0.15, -0.1) is 0 Å². The van der Waals surface area contributed by atoms with Crippen molar-refractivity contribution in [2.75, 3.05) is 18.7 Å². The zero-order valence-corrected chi connectivity index (χ0v) is 12.2. The number of rotatable bonds is 4. The average Bonchev–Trinajstić information content (AvgIpc) is 2.47. The summed E-state index contributed by atoms with van der Waals surface area (Å²) in [7, 11) is -1.82. The molecular formula is C13H13N3O4S. The lowest BCUT2D eigenvalue weighted by Crippen LogP contribution is -2.14. The second-order valence-corrected chi connectivity index (χ2v) is 6.21. The summed E-state index contributed by atoms with van der Waals surface area (Å²) in [6.45, 7) is 0. The molecule has 0 aliphatic carbocycles. The first-order chi connectivity index (χ1) is 9.90. The Labute approximate surface area is 121 Å². The van der Waals surface area contributed by atoms with Crippen molar-refractivity contribution in [3.8, 4) is 5.88 Å². The van der Waals surface area contributed by atoms with Crippen molar-refractivity contribution < 1.29 is 17.9 Å². The van der Waals surface area contributed by atoms with Gasteiger partial charge in [0.15, 0.2) is 9.84 Å². The van der Waals surface area contributed by atoms with Gasteiger partial charge in [0.05, 0.1) is 12.0 Å². The fraction of sp³-hybridized carbons (Fsp3) is 0.154. The van der Waals surface area contributed by atoms with Crippen LogP contribution in [0.15, 0.2) is 41.6 Å². The maximum absolute atomic E-state index is 12.0. The van der Waals surface area contributed by atoms with E-state index in [1.54, 1.807) is 0 Å². The number of aromatic nitrogens is 2. The van der Waals surface area contributed by atoms with Crippen LogP contribution in [0.2, 0.25) is 0 Å². The number of methoxy groups -OCH3 is 1. The lowest BCUT2D eigenvalue weighted by molar-refractivity contribution is 0.102. The number of hydrogen-bond acceptors (Lipinski definition) is 6. The Kier molecular flexibility index (Phi) is 4.18. The lowest BCUT2D eigenvalue weighted by atomic mass is 10.3. The molecular weight excluding hydrogens is 294 g/mol. The average molecular weight is 307 g/mol. The lowest BCUT2D eigenvalue weighted by Gasteiger charge is -2.06. The molecule has 1 aromatic heterocycles. The third-order valence-electron chi connectivity index (χ3n) is 2.62. The Morgan fingerprint density at radius 1 is 1.19 bits per heavy atom. The molecule has 0 bridgehead atoms. The first kappa shape index (κ1) is 14.9. The third kappa shape index (κ3) is 3.76. The Balaban J connectivity index is 2.16. The van der Waals surface area contributed by atoms with Crippen LogP contribution < -0.4 is 10.1 Å². The van der Waals surface area contributed by atoms with Gasteiger partial charge < -0.3 is 10.1 Å². The molecule has 110 valence electrons. The Morgan fingerprint density at radius 2 is 1.86 bits per heavy atom. The Morgan fingerprint density at radius 3 is 2.43 bits per heavy atom. The summed E-state index contributed by atoms with van der Waals surface area (Å²) in [5.41, 5.74) is 0.610. The number of nitrogens with one attached hydrogen (secondary N) is 1. The summed E-state index contributed by atoms with van der Waals surface area (Å²) in [5.74, 6) is -0.162. The quantitative estimate of drug-likeness (QED) is 0.909. The van der Waals surface area contributed by atoms with Crippen LogP contribution in [-0.4, -0.2) is 37.7 Å². The van der Waals surface area contributed by atoms with Gasteiger partial charge in [0.2, 0.25) is 5.88 Å². The molecule has 2 aromatic rings. The molecule has 0 saturated heterocycles. The van der Waals surface area contributed by atoms with Gasteiger partial charge in [0.25, 0.3) is 5.91 Å². The summed E-state index contributed by atoms with van der Waals surface area (Å²) in [4.78, 5) is 19.8. The van der Waals surface area contributed by atoms with Crippen LogP contribution in [0.1, 0.15) is 10.5 Å². The Hall–Kier alpha value is -2.48. The fourth-order valence-corrected chi connectivity index (χ4v) is 2.19. The largest absolute Gasteiger partial charge is 0.481 e. The third-order valence-corrected chi connectivity index (χ3v) is 3.75. The maximum atomic E-state index is 12.0. The van der Waals surface area contributed by atoms with E-state index < -0.39 is 15.7 Å². The van der Waals surface area contributed by atoms with Gasteiger partial charge in [-0.1, -0.05) is 0 Å². The highest BCUT2D eigenvalue weighted by Crippen LogP contribution is 2.15. The zero-order chi connectivity index (χ0) is 15.5. The second kappa shape index (κ2) is 5.88. The molecule has 7 nitrogen and oxygen atoms in total. The van der Waals surface area contributed by atoms with Crippen molar-refractivity contribution in [2.24, 2.45) is 0 Å². The predicted octanol–water partition coefficient (Wildman–Crippen LogP) is 1.14. The van der Waals surface area contributed by atoms with Crippen LogP contribution in [0, 0.1) is 0 Å². The second-order valence-electron chi connectivity index (χ2n) is 4.20. The van der Waals surface area contributed by atoms with Gasteiger partial charge in [-0.25, -0.2) is 18.4 Å².